The maximum absolute atomic E-state index is 12.6. The Hall–Kier alpha value is -2.54. The number of nitriles is 2. The summed E-state index contributed by atoms with van der Waals surface area (Å²) in [4.78, 5) is 2.51. The van der Waals surface area contributed by atoms with Crippen molar-refractivity contribution in [1.82, 2.24) is 0 Å². The van der Waals surface area contributed by atoms with Crippen molar-refractivity contribution >= 4 is 5.82 Å². The van der Waals surface area contributed by atoms with E-state index in [-0.39, 0.29) is 5.82 Å². The first-order valence-electron chi connectivity index (χ1n) is 4.34. The quantitative estimate of drug-likeness (QED) is 0.799. The van der Waals surface area contributed by atoms with Gasteiger partial charge in [-0.15, -0.1) is 0 Å². The number of aromatic amines is 1. The number of rotatable bonds is 2. The molecule has 0 radical (unpaired) electrons. The molecule has 0 fully saturated rings. The normalized spacial score (nSPS) is 9.94. The number of halogens is 3. The average Bonchev–Trinajstić information content (AvgIpc) is 2.29. The summed E-state index contributed by atoms with van der Waals surface area (Å²) >= 11 is 0. The highest BCUT2D eigenvalue weighted by Crippen LogP contribution is 2.28. The van der Waals surface area contributed by atoms with Crippen LogP contribution < -0.4 is 10.3 Å². The van der Waals surface area contributed by atoms with Crippen LogP contribution in [0.25, 0.3) is 0 Å². The van der Waals surface area contributed by atoms with Crippen LogP contribution in [-0.2, 0) is 0 Å². The van der Waals surface area contributed by atoms with Crippen molar-refractivity contribution < 1.29 is 18.2 Å². The minimum absolute atomic E-state index is 0.0304. The molecule has 1 rings (SSSR count). The van der Waals surface area contributed by atoms with Gasteiger partial charge in [0.1, 0.15) is 12.1 Å². The van der Waals surface area contributed by atoms with E-state index in [1.807, 2.05) is 5.32 Å². The second-order valence-electron chi connectivity index (χ2n) is 2.87. The number of allylic oxidation sites excluding steroid dienone is 2. The Kier molecular flexibility index (Phi) is 3.68. The first-order valence-corrected chi connectivity index (χ1v) is 4.34. The fourth-order valence-corrected chi connectivity index (χ4v) is 1.02. The first kappa shape index (κ1) is 12.5. The molecule has 17 heavy (non-hydrogen) atoms. The van der Waals surface area contributed by atoms with Gasteiger partial charge in [0.15, 0.2) is 5.57 Å². The molecule has 0 bridgehead atoms. The van der Waals surface area contributed by atoms with E-state index in [4.69, 9.17) is 10.5 Å². The lowest BCUT2D eigenvalue weighted by molar-refractivity contribution is -0.361. The molecule has 1 heterocycles. The molecular formula is C10H6F3N4+. The highest BCUT2D eigenvalue weighted by atomic mass is 19.4. The Morgan fingerprint density at radius 2 is 1.88 bits per heavy atom. The van der Waals surface area contributed by atoms with Crippen molar-refractivity contribution in [2.24, 2.45) is 0 Å². The molecule has 4 nitrogen and oxygen atoms in total. The molecule has 0 unspecified atom stereocenters. The van der Waals surface area contributed by atoms with Gasteiger partial charge in [0.2, 0.25) is 5.70 Å². The summed E-state index contributed by atoms with van der Waals surface area (Å²) in [6, 6.07) is 6.83. The van der Waals surface area contributed by atoms with Crippen molar-refractivity contribution in [2.45, 2.75) is 6.18 Å². The van der Waals surface area contributed by atoms with Gasteiger partial charge in [0, 0.05) is 6.07 Å². The van der Waals surface area contributed by atoms with Crippen LogP contribution in [-0.4, -0.2) is 6.18 Å². The molecule has 0 aromatic carbocycles. The molecule has 0 aliphatic heterocycles. The number of hydrogen-bond donors (Lipinski definition) is 1. The Labute approximate surface area is 94.6 Å². The van der Waals surface area contributed by atoms with Crippen LogP contribution in [0, 0.1) is 22.7 Å². The number of anilines is 1. The SMILES string of the molecule is N#CC(C#N)=C(Nc1cccc[nH+]1)C(F)(F)F. The van der Waals surface area contributed by atoms with E-state index in [0.29, 0.717) is 0 Å². The van der Waals surface area contributed by atoms with Gasteiger partial charge in [-0.2, -0.15) is 23.7 Å². The second kappa shape index (κ2) is 4.99. The monoisotopic (exact) mass is 239 g/mol. The van der Waals surface area contributed by atoms with Crippen molar-refractivity contribution in [3.05, 3.63) is 35.7 Å². The smallest absolute Gasteiger partial charge is 0.248 e. The number of nitrogens with zero attached hydrogens (tertiary/aromatic N) is 2. The minimum atomic E-state index is -4.80. The van der Waals surface area contributed by atoms with Gasteiger partial charge in [0.25, 0.3) is 5.82 Å². The largest absolute Gasteiger partial charge is 0.455 e. The first-order chi connectivity index (χ1) is 7.99. The van der Waals surface area contributed by atoms with E-state index in [1.165, 1.54) is 30.5 Å². The minimum Gasteiger partial charge on any atom is -0.248 e. The molecule has 1 aromatic heterocycles. The van der Waals surface area contributed by atoms with E-state index < -0.39 is 17.4 Å². The molecule has 1 aromatic rings. The van der Waals surface area contributed by atoms with E-state index in [9.17, 15) is 13.2 Å². The lowest BCUT2D eigenvalue weighted by Gasteiger charge is -2.07. The molecule has 0 saturated heterocycles. The standard InChI is InChI=1S/C10H5F3N4/c11-10(12,13)9(7(5-14)6-15)17-8-3-1-2-4-16-8/h1-4H,(H,16,17)/p+1. The zero-order valence-electron chi connectivity index (χ0n) is 8.34. The third-order valence-corrected chi connectivity index (χ3v) is 1.73. The number of hydrogen-bond acceptors (Lipinski definition) is 3. The lowest BCUT2D eigenvalue weighted by Crippen LogP contribution is -2.24. The van der Waals surface area contributed by atoms with Crippen molar-refractivity contribution in [2.75, 3.05) is 5.32 Å². The number of aromatic nitrogens is 1. The topological polar surface area (TPSA) is 73.8 Å². The molecule has 0 atom stereocenters. The third kappa shape index (κ3) is 3.21. The van der Waals surface area contributed by atoms with Crippen LogP contribution in [0.2, 0.25) is 0 Å². The van der Waals surface area contributed by atoms with Gasteiger partial charge in [-0.1, -0.05) is 6.07 Å². The summed E-state index contributed by atoms with van der Waals surface area (Å²) in [6.45, 7) is 0. The summed E-state index contributed by atoms with van der Waals surface area (Å²) in [5.41, 5.74) is -2.40. The molecule has 0 amide bonds. The maximum Gasteiger partial charge on any atom is 0.455 e. The van der Waals surface area contributed by atoms with Gasteiger partial charge in [-0.3, -0.25) is 0 Å². The zero-order valence-corrected chi connectivity index (χ0v) is 8.34. The van der Waals surface area contributed by atoms with Gasteiger partial charge >= 0.3 is 6.18 Å². The molecule has 0 saturated carbocycles. The second-order valence-corrected chi connectivity index (χ2v) is 2.87. The van der Waals surface area contributed by atoms with Crippen LogP contribution in [0.3, 0.4) is 0 Å². The molecular weight excluding hydrogens is 233 g/mol. The van der Waals surface area contributed by atoms with Gasteiger partial charge in [-0.25, -0.2) is 10.3 Å². The van der Waals surface area contributed by atoms with Crippen molar-refractivity contribution in [3.63, 3.8) is 0 Å². The van der Waals surface area contributed by atoms with Crippen LogP contribution in [0.15, 0.2) is 35.7 Å². The van der Waals surface area contributed by atoms with E-state index in [1.54, 1.807) is 6.07 Å². The predicted molar refractivity (Wildman–Crippen MR) is 50.9 cm³/mol. The highest BCUT2D eigenvalue weighted by molar-refractivity contribution is 5.49. The van der Waals surface area contributed by atoms with Gasteiger partial charge < -0.3 is 0 Å². The van der Waals surface area contributed by atoms with Crippen LogP contribution in [0.4, 0.5) is 19.0 Å². The third-order valence-electron chi connectivity index (χ3n) is 1.73. The van der Waals surface area contributed by atoms with Crippen LogP contribution in [0.1, 0.15) is 0 Å². The Bertz CT molecular complexity index is 489. The van der Waals surface area contributed by atoms with E-state index >= 15 is 0 Å². The van der Waals surface area contributed by atoms with Gasteiger partial charge in [-0.05, 0) is 6.07 Å². The summed E-state index contributed by atoms with van der Waals surface area (Å²) < 4.78 is 37.8. The number of pyridine rings is 1. The summed E-state index contributed by atoms with van der Waals surface area (Å²) in [7, 11) is 0. The lowest BCUT2D eigenvalue weighted by atomic mass is 10.2. The molecule has 0 aliphatic carbocycles. The van der Waals surface area contributed by atoms with Crippen molar-refractivity contribution in [1.29, 1.82) is 10.5 Å². The fourth-order valence-electron chi connectivity index (χ4n) is 1.02. The number of H-pyrrole nitrogens is 1. The molecule has 0 spiro atoms. The van der Waals surface area contributed by atoms with Crippen molar-refractivity contribution in [3.8, 4) is 12.1 Å². The molecule has 0 aliphatic rings. The maximum atomic E-state index is 12.6. The summed E-state index contributed by atoms with van der Waals surface area (Å²) in [6.07, 6.45) is -3.39. The highest BCUT2D eigenvalue weighted by Gasteiger charge is 2.41. The zero-order chi connectivity index (χ0) is 12.9. The summed E-state index contributed by atoms with van der Waals surface area (Å²) in [5, 5.41) is 18.9. The summed E-state index contributed by atoms with van der Waals surface area (Å²) in [5.74, 6) is 0.0304. The van der Waals surface area contributed by atoms with Crippen LogP contribution >= 0.6 is 0 Å². The van der Waals surface area contributed by atoms with E-state index in [0.717, 1.165) is 0 Å². The van der Waals surface area contributed by atoms with Crippen LogP contribution in [0.5, 0.6) is 0 Å². The Balaban J connectivity index is 3.17. The average molecular weight is 239 g/mol. The predicted octanol–water partition coefficient (Wildman–Crippen LogP) is 1.78. The fraction of sp³-hybridized carbons (Fsp3) is 0.100. The number of alkyl halides is 3. The van der Waals surface area contributed by atoms with Gasteiger partial charge in [0.05, 0.1) is 6.20 Å². The Morgan fingerprint density at radius 1 is 1.24 bits per heavy atom. The van der Waals surface area contributed by atoms with E-state index in [2.05, 4.69) is 4.98 Å². The molecule has 2 N–H and O–H groups in total. The number of nitrogens with one attached hydrogen (secondary N) is 2. The molecule has 7 heteroatoms. The Morgan fingerprint density at radius 3 is 2.29 bits per heavy atom. The molecule has 86 valence electrons.